The third-order valence-electron chi connectivity index (χ3n) is 3.66. The normalized spacial score (nSPS) is 20.7. The van der Waals surface area contributed by atoms with Crippen molar-refractivity contribution in [1.82, 2.24) is 0 Å². The molecular weight excluding hydrogens is 270 g/mol. The molecule has 0 unspecified atom stereocenters. The fraction of sp³-hybridized carbons (Fsp3) is 0.667. The summed E-state index contributed by atoms with van der Waals surface area (Å²) in [7, 11) is 3.25. The van der Waals surface area contributed by atoms with Crippen molar-refractivity contribution >= 4 is 0 Å². The molecule has 0 N–H and O–H groups in total. The molecule has 0 bridgehead atoms. The van der Waals surface area contributed by atoms with E-state index in [2.05, 4.69) is 11.7 Å². The molecule has 2 rings (SSSR count). The molecule has 0 spiro atoms. The van der Waals surface area contributed by atoms with Crippen molar-refractivity contribution < 1.29 is 13.5 Å². The maximum atomic E-state index is 13.4. The van der Waals surface area contributed by atoms with Crippen LogP contribution in [0.3, 0.4) is 0 Å². The molecule has 0 aliphatic heterocycles. The van der Waals surface area contributed by atoms with E-state index in [1.807, 2.05) is 13.8 Å². The second kappa shape index (κ2) is 11.7. The maximum absolute atomic E-state index is 13.4. The number of methoxy groups -OCH3 is 1. The maximum Gasteiger partial charge on any atom is 0.129 e. The van der Waals surface area contributed by atoms with Gasteiger partial charge in [-0.1, -0.05) is 39.7 Å². The van der Waals surface area contributed by atoms with Crippen LogP contribution in [0.15, 0.2) is 18.2 Å². The van der Waals surface area contributed by atoms with Crippen LogP contribution in [0.5, 0.6) is 0 Å². The molecule has 0 saturated heterocycles. The van der Waals surface area contributed by atoms with Crippen molar-refractivity contribution in [1.29, 1.82) is 0 Å². The number of hydrogen-bond donors (Lipinski definition) is 0. The molecule has 1 nitrogen and oxygen atoms in total. The van der Waals surface area contributed by atoms with Crippen LogP contribution in [-0.4, -0.2) is 14.2 Å². The van der Waals surface area contributed by atoms with Gasteiger partial charge in [0, 0.05) is 20.3 Å². The lowest BCUT2D eigenvalue weighted by molar-refractivity contribution is 0.277. The third kappa shape index (κ3) is 8.15. The zero-order valence-electron chi connectivity index (χ0n) is 14.1. The second-order valence-corrected chi connectivity index (χ2v) is 5.47. The van der Waals surface area contributed by atoms with Crippen LogP contribution < -0.4 is 0 Å². The van der Waals surface area contributed by atoms with Crippen molar-refractivity contribution in [2.75, 3.05) is 14.2 Å². The van der Waals surface area contributed by atoms with Gasteiger partial charge in [-0.25, -0.2) is 8.78 Å². The van der Waals surface area contributed by atoms with Gasteiger partial charge in [0.1, 0.15) is 11.6 Å². The number of benzene rings is 1. The molecule has 1 aromatic carbocycles. The van der Waals surface area contributed by atoms with E-state index < -0.39 is 11.6 Å². The van der Waals surface area contributed by atoms with Crippen LogP contribution in [0.2, 0.25) is 0 Å². The number of ether oxygens (including phenoxy) is 1. The van der Waals surface area contributed by atoms with Crippen molar-refractivity contribution in [3.63, 3.8) is 0 Å². The summed E-state index contributed by atoms with van der Waals surface area (Å²) in [4.78, 5) is 0. The van der Waals surface area contributed by atoms with Crippen molar-refractivity contribution in [2.45, 2.75) is 52.9 Å². The van der Waals surface area contributed by atoms with Gasteiger partial charge in [0.15, 0.2) is 0 Å². The molecule has 21 heavy (non-hydrogen) atoms. The van der Waals surface area contributed by atoms with E-state index in [0.717, 1.165) is 18.4 Å². The van der Waals surface area contributed by atoms with Gasteiger partial charge in [-0.05, 0) is 42.7 Å². The molecule has 1 saturated carbocycles. The lowest BCUT2D eigenvalue weighted by atomic mass is 9.80. The molecule has 0 amide bonds. The molecule has 1 aliphatic carbocycles. The predicted octanol–water partition coefficient (Wildman–Crippen LogP) is 5.62. The highest BCUT2D eigenvalue weighted by Gasteiger charge is 2.19. The van der Waals surface area contributed by atoms with Crippen molar-refractivity contribution in [3.05, 3.63) is 35.4 Å². The average Bonchev–Trinajstić information content (AvgIpc) is 2.47. The monoisotopic (exact) mass is 300 g/mol. The van der Waals surface area contributed by atoms with Gasteiger partial charge in [-0.15, -0.1) is 0 Å². The van der Waals surface area contributed by atoms with Gasteiger partial charge in [0.25, 0.3) is 0 Å². The van der Waals surface area contributed by atoms with E-state index in [0.29, 0.717) is 11.5 Å². The molecule has 0 aromatic heterocycles. The SMILES string of the molecule is CC.CC1CCC(Cc2ccc(F)cc2F)CC1.COC. The first-order chi connectivity index (χ1) is 10.1. The largest absolute Gasteiger partial charge is 0.388 e. The standard InChI is InChI=1S/C14H18F2.C2H6O.C2H6/c1-10-2-4-11(5-3-10)8-12-6-7-13(15)9-14(12)16;1-3-2;1-2/h6-7,9-11H,2-5,8H2,1H3;1-2H3;1-2H3. The highest BCUT2D eigenvalue weighted by molar-refractivity contribution is 5.19. The zero-order valence-corrected chi connectivity index (χ0v) is 14.1. The highest BCUT2D eigenvalue weighted by Crippen LogP contribution is 2.31. The fourth-order valence-electron chi connectivity index (χ4n) is 2.53. The zero-order chi connectivity index (χ0) is 16.3. The van der Waals surface area contributed by atoms with Crippen molar-refractivity contribution in [3.8, 4) is 0 Å². The minimum atomic E-state index is -0.487. The fourth-order valence-corrected chi connectivity index (χ4v) is 2.53. The Morgan fingerprint density at radius 3 is 2.05 bits per heavy atom. The molecule has 1 aromatic rings. The minimum Gasteiger partial charge on any atom is -0.388 e. The topological polar surface area (TPSA) is 9.23 Å². The quantitative estimate of drug-likeness (QED) is 0.688. The lowest BCUT2D eigenvalue weighted by Gasteiger charge is -2.26. The van der Waals surface area contributed by atoms with Gasteiger partial charge < -0.3 is 4.74 Å². The Hall–Kier alpha value is -0.960. The molecule has 0 atom stereocenters. The number of rotatable bonds is 2. The number of halogens is 2. The van der Waals surface area contributed by atoms with Crippen LogP contribution >= 0.6 is 0 Å². The smallest absolute Gasteiger partial charge is 0.129 e. The average molecular weight is 300 g/mol. The van der Waals surface area contributed by atoms with Crippen LogP contribution in [0.25, 0.3) is 0 Å². The first-order valence-corrected chi connectivity index (χ1v) is 7.90. The van der Waals surface area contributed by atoms with E-state index in [9.17, 15) is 8.78 Å². The Balaban J connectivity index is 0.000000713. The molecule has 1 fully saturated rings. The Bertz CT molecular complexity index is 371. The van der Waals surface area contributed by atoms with E-state index in [1.54, 1.807) is 20.3 Å². The molecule has 1 aliphatic rings. The third-order valence-corrected chi connectivity index (χ3v) is 3.66. The Labute approximate surface area is 128 Å². The first-order valence-electron chi connectivity index (χ1n) is 7.90. The Kier molecular flexibility index (Phi) is 11.1. The summed E-state index contributed by atoms with van der Waals surface area (Å²) >= 11 is 0. The Morgan fingerprint density at radius 1 is 1.05 bits per heavy atom. The second-order valence-electron chi connectivity index (χ2n) is 5.47. The van der Waals surface area contributed by atoms with E-state index in [1.165, 1.54) is 31.7 Å². The van der Waals surface area contributed by atoms with Gasteiger partial charge in [-0.3, -0.25) is 0 Å². The molecule has 0 radical (unpaired) electrons. The summed E-state index contributed by atoms with van der Waals surface area (Å²) in [6.07, 6.45) is 5.61. The highest BCUT2D eigenvalue weighted by atomic mass is 19.1. The minimum absolute atomic E-state index is 0.390. The van der Waals surface area contributed by atoms with Gasteiger partial charge in [-0.2, -0.15) is 0 Å². The van der Waals surface area contributed by atoms with E-state index >= 15 is 0 Å². The van der Waals surface area contributed by atoms with Crippen LogP contribution in [-0.2, 0) is 11.2 Å². The first kappa shape index (κ1) is 20.0. The van der Waals surface area contributed by atoms with Gasteiger partial charge in [0.05, 0.1) is 0 Å². The molecule has 3 heteroatoms. The molecule has 122 valence electrons. The Morgan fingerprint density at radius 2 is 1.57 bits per heavy atom. The van der Waals surface area contributed by atoms with Crippen molar-refractivity contribution in [2.24, 2.45) is 11.8 Å². The summed E-state index contributed by atoms with van der Waals surface area (Å²) in [5.41, 5.74) is 0.668. The van der Waals surface area contributed by atoms with E-state index in [-0.39, 0.29) is 0 Å². The summed E-state index contributed by atoms with van der Waals surface area (Å²) in [5, 5.41) is 0. The van der Waals surface area contributed by atoms with E-state index in [4.69, 9.17) is 0 Å². The summed E-state index contributed by atoms with van der Waals surface area (Å²) in [5.74, 6) is 0.516. The predicted molar refractivity (Wildman–Crippen MR) is 85.5 cm³/mol. The summed E-state index contributed by atoms with van der Waals surface area (Å²) in [6, 6.07) is 3.92. The summed E-state index contributed by atoms with van der Waals surface area (Å²) < 4.78 is 30.4. The van der Waals surface area contributed by atoms with Crippen LogP contribution in [0.1, 0.15) is 52.0 Å². The summed E-state index contributed by atoms with van der Waals surface area (Å²) in [6.45, 7) is 6.27. The molecular formula is C18H30F2O. The van der Waals surface area contributed by atoms with Crippen LogP contribution in [0.4, 0.5) is 8.78 Å². The molecule has 0 heterocycles. The van der Waals surface area contributed by atoms with Gasteiger partial charge in [0.2, 0.25) is 0 Å². The van der Waals surface area contributed by atoms with Gasteiger partial charge >= 0.3 is 0 Å². The number of hydrogen-bond acceptors (Lipinski definition) is 1. The lowest BCUT2D eigenvalue weighted by Crippen LogP contribution is -2.15. The van der Waals surface area contributed by atoms with Crippen LogP contribution in [0, 0.1) is 23.5 Å².